The first-order chi connectivity index (χ1) is 15.9. The third-order valence-corrected chi connectivity index (χ3v) is 5.83. The molecule has 1 amide bonds. The van der Waals surface area contributed by atoms with Gasteiger partial charge in [0.05, 0.1) is 16.9 Å². The second-order valence-corrected chi connectivity index (χ2v) is 8.27. The van der Waals surface area contributed by atoms with Gasteiger partial charge in [-0.3, -0.25) is 9.48 Å². The largest absolute Gasteiger partial charge is 0.327 e. The Hall–Kier alpha value is -3.79. The lowest BCUT2D eigenvalue weighted by Crippen LogP contribution is -2.46. The van der Waals surface area contributed by atoms with Crippen LogP contribution in [-0.2, 0) is 20.1 Å². The zero-order chi connectivity index (χ0) is 23.1. The van der Waals surface area contributed by atoms with Gasteiger partial charge in [-0.05, 0) is 30.7 Å². The summed E-state index contributed by atoms with van der Waals surface area (Å²) in [6, 6.07) is 7.96. The van der Waals surface area contributed by atoms with Gasteiger partial charge in [-0.1, -0.05) is 17.7 Å². The van der Waals surface area contributed by atoms with Crippen LogP contribution >= 0.6 is 11.6 Å². The molecule has 3 aromatic heterocycles. The highest BCUT2D eigenvalue weighted by Crippen LogP contribution is 2.26. The molecule has 11 heteroatoms. The predicted molar refractivity (Wildman–Crippen MR) is 120 cm³/mol. The number of fused-ring (bicyclic) bond motifs is 1. The highest BCUT2D eigenvalue weighted by molar-refractivity contribution is 6.30. The van der Waals surface area contributed by atoms with E-state index in [0.717, 1.165) is 11.4 Å². The van der Waals surface area contributed by atoms with E-state index >= 15 is 0 Å². The quantitative estimate of drug-likeness (QED) is 0.482. The number of nitrogens with zero attached hydrogens (tertiary/aromatic N) is 7. The van der Waals surface area contributed by atoms with E-state index in [1.807, 2.05) is 30.8 Å². The third-order valence-electron chi connectivity index (χ3n) is 5.54. The van der Waals surface area contributed by atoms with E-state index in [0.29, 0.717) is 36.3 Å². The van der Waals surface area contributed by atoms with E-state index in [1.165, 1.54) is 6.07 Å². The zero-order valence-electron chi connectivity index (χ0n) is 17.9. The van der Waals surface area contributed by atoms with Crippen molar-refractivity contribution in [3.63, 3.8) is 0 Å². The number of aryl methyl sites for hydroxylation is 1. The van der Waals surface area contributed by atoms with Crippen molar-refractivity contribution >= 4 is 29.3 Å². The van der Waals surface area contributed by atoms with Crippen LogP contribution in [0.25, 0.3) is 11.4 Å². The molecule has 4 heterocycles. The molecule has 5 rings (SSSR count). The van der Waals surface area contributed by atoms with Crippen molar-refractivity contribution in [1.29, 1.82) is 0 Å². The SMILES string of the molecule is CC1Cn2cc(-c3ccnc(Nc4ccnn4C)n3)nc2C(=O)N1Cc1ccc(F)c(Cl)c1. The number of halogens is 2. The molecule has 1 N–H and O–H groups in total. The van der Waals surface area contributed by atoms with Crippen molar-refractivity contribution in [3.8, 4) is 11.4 Å². The summed E-state index contributed by atoms with van der Waals surface area (Å²) in [6.45, 7) is 2.86. The van der Waals surface area contributed by atoms with Gasteiger partial charge in [0.25, 0.3) is 5.91 Å². The summed E-state index contributed by atoms with van der Waals surface area (Å²) >= 11 is 5.91. The Balaban J connectivity index is 1.40. The fourth-order valence-electron chi connectivity index (χ4n) is 3.80. The van der Waals surface area contributed by atoms with E-state index in [2.05, 4.69) is 25.4 Å². The molecule has 0 radical (unpaired) electrons. The molecule has 168 valence electrons. The first kappa shape index (κ1) is 21.1. The summed E-state index contributed by atoms with van der Waals surface area (Å²) in [5.74, 6) is 0.785. The van der Waals surface area contributed by atoms with Gasteiger partial charge >= 0.3 is 0 Å². The van der Waals surface area contributed by atoms with Crippen molar-refractivity contribution in [2.75, 3.05) is 5.32 Å². The molecular weight excluding hydrogens is 447 g/mol. The summed E-state index contributed by atoms with van der Waals surface area (Å²) in [5.41, 5.74) is 1.92. The molecule has 33 heavy (non-hydrogen) atoms. The van der Waals surface area contributed by atoms with Gasteiger partial charge in [0.2, 0.25) is 5.95 Å². The molecule has 9 nitrogen and oxygen atoms in total. The minimum Gasteiger partial charge on any atom is -0.327 e. The molecule has 1 aromatic carbocycles. The maximum atomic E-state index is 13.5. The number of nitrogens with one attached hydrogen (secondary N) is 1. The fraction of sp³-hybridized carbons (Fsp3) is 0.227. The van der Waals surface area contributed by atoms with Gasteiger partial charge in [-0.25, -0.2) is 19.3 Å². The fourth-order valence-corrected chi connectivity index (χ4v) is 4.00. The summed E-state index contributed by atoms with van der Waals surface area (Å²) < 4.78 is 17.0. The molecule has 0 bridgehead atoms. The standard InChI is InChI=1S/C22H20ClFN8O/c1-13-10-31-12-18(17-5-7-25-22(28-17)29-19-6-8-26-30(19)2)27-20(31)21(33)32(13)11-14-3-4-16(24)15(23)9-14/h3-9,12-13H,10-11H2,1-2H3,(H,25,28,29). The second kappa shape index (κ2) is 8.28. The number of hydrogen-bond acceptors (Lipinski definition) is 6. The number of carbonyl (C=O) groups is 1. The van der Waals surface area contributed by atoms with E-state index < -0.39 is 5.82 Å². The van der Waals surface area contributed by atoms with Crippen LogP contribution in [0, 0.1) is 5.82 Å². The molecule has 4 aromatic rings. The highest BCUT2D eigenvalue weighted by Gasteiger charge is 2.32. The van der Waals surface area contributed by atoms with Crippen LogP contribution in [0.15, 0.2) is 48.9 Å². The van der Waals surface area contributed by atoms with Crippen LogP contribution in [0.3, 0.4) is 0 Å². The molecule has 0 saturated heterocycles. The molecule has 0 spiro atoms. The Kier molecular flexibility index (Phi) is 5.29. The Morgan fingerprint density at radius 2 is 2.03 bits per heavy atom. The van der Waals surface area contributed by atoms with E-state index in [1.54, 1.807) is 40.2 Å². The molecule has 1 atom stereocenters. The van der Waals surface area contributed by atoms with Crippen LogP contribution < -0.4 is 5.32 Å². The Labute approximate surface area is 193 Å². The molecule has 1 aliphatic heterocycles. The number of imidazole rings is 1. The number of rotatable bonds is 5. The number of hydrogen-bond donors (Lipinski definition) is 1. The number of amides is 1. The number of carbonyl (C=O) groups excluding carboxylic acids is 1. The molecule has 0 saturated carbocycles. The lowest BCUT2D eigenvalue weighted by molar-refractivity contribution is 0.0587. The number of anilines is 2. The smallest absolute Gasteiger partial charge is 0.290 e. The van der Waals surface area contributed by atoms with Gasteiger partial charge in [0.15, 0.2) is 5.82 Å². The Bertz CT molecular complexity index is 1350. The van der Waals surface area contributed by atoms with Gasteiger partial charge in [-0.15, -0.1) is 0 Å². The molecular formula is C22H20ClFN8O. The normalized spacial score (nSPS) is 15.6. The summed E-state index contributed by atoms with van der Waals surface area (Å²) in [4.78, 5) is 28.3. The van der Waals surface area contributed by atoms with Gasteiger partial charge < -0.3 is 14.8 Å². The number of benzene rings is 1. The Morgan fingerprint density at radius 3 is 2.79 bits per heavy atom. The minimum absolute atomic E-state index is 0.0349. The van der Waals surface area contributed by atoms with Gasteiger partial charge in [0, 0.05) is 44.6 Å². The monoisotopic (exact) mass is 466 g/mol. The first-order valence-corrected chi connectivity index (χ1v) is 10.7. The third kappa shape index (κ3) is 4.05. The van der Waals surface area contributed by atoms with Crippen LogP contribution in [0.4, 0.5) is 16.2 Å². The lowest BCUT2D eigenvalue weighted by Gasteiger charge is -2.33. The van der Waals surface area contributed by atoms with Crippen molar-refractivity contribution in [2.24, 2.45) is 7.05 Å². The second-order valence-electron chi connectivity index (χ2n) is 7.86. The number of aromatic nitrogens is 6. The predicted octanol–water partition coefficient (Wildman–Crippen LogP) is 3.65. The van der Waals surface area contributed by atoms with E-state index in [9.17, 15) is 9.18 Å². The maximum absolute atomic E-state index is 13.5. The van der Waals surface area contributed by atoms with Gasteiger partial charge in [0.1, 0.15) is 17.3 Å². The van der Waals surface area contributed by atoms with Crippen molar-refractivity contribution in [3.05, 3.63) is 71.2 Å². The van der Waals surface area contributed by atoms with Crippen molar-refractivity contribution in [2.45, 2.75) is 26.1 Å². The lowest BCUT2D eigenvalue weighted by atomic mass is 10.1. The maximum Gasteiger partial charge on any atom is 0.290 e. The zero-order valence-corrected chi connectivity index (χ0v) is 18.7. The molecule has 1 unspecified atom stereocenters. The average Bonchev–Trinajstić information content (AvgIpc) is 3.40. The van der Waals surface area contributed by atoms with Crippen molar-refractivity contribution < 1.29 is 9.18 Å². The van der Waals surface area contributed by atoms with Crippen molar-refractivity contribution in [1.82, 2.24) is 34.2 Å². The molecule has 0 aliphatic carbocycles. The summed E-state index contributed by atoms with van der Waals surface area (Å²) in [6.07, 6.45) is 5.13. The first-order valence-electron chi connectivity index (χ1n) is 10.3. The Morgan fingerprint density at radius 1 is 1.18 bits per heavy atom. The molecule has 0 fully saturated rings. The topological polar surface area (TPSA) is 93.8 Å². The van der Waals surface area contributed by atoms with Gasteiger partial charge in [-0.2, -0.15) is 5.10 Å². The van der Waals surface area contributed by atoms with Crippen LogP contribution in [0.5, 0.6) is 0 Å². The van der Waals surface area contributed by atoms with Crippen LogP contribution in [-0.4, -0.2) is 46.1 Å². The summed E-state index contributed by atoms with van der Waals surface area (Å²) in [7, 11) is 1.81. The molecule has 1 aliphatic rings. The van der Waals surface area contributed by atoms with Crippen LogP contribution in [0.1, 0.15) is 23.1 Å². The summed E-state index contributed by atoms with van der Waals surface area (Å²) in [5, 5.41) is 7.26. The highest BCUT2D eigenvalue weighted by atomic mass is 35.5. The average molecular weight is 467 g/mol. The van der Waals surface area contributed by atoms with Crippen LogP contribution in [0.2, 0.25) is 5.02 Å². The van der Waals surface area contributed by atoms with E-state index in [-0.39, 0.29) is 17.0 Å². The van der Waals surface area contributed by atoms with E-state index in [4.69, 9.17) is 11.6 Å². The minimum atomic E-state index is -0.485.